The summed E-state index contributed by atoms with van der Waals surface area (Å²) in [5.41, 5.74) is 1.36. The molecule has 0 radical (unpaired) electrons. The fourth-order valence-corrected chi connectivity index (χ4v) is 3.39. The number of nitrogens with one attached hydrogen (secondary N) is 1. The van der Waals surface area contributed by atoms with Gasteiger partial charge in [0, 0.05) is 36.3 Å². The van der Waals surface area contributed by atoms with Crippen LogP contribution < -0.4 is 5.32 Å². The molecule has 1 N–H and O–H groups in total. The second kappa shape index (κ2) is 6.54. The minimum absolute atomic E-state index is 0.311. The largest absolute Gasteiger partial charge is 0.378 e. The number of ether oxygens (including phenoxy) is 1. The van der Waals surface area contributed by atoms with Crippen molar-refractivity contribution < 1.29 is 4.74 Å². The molecule has 3 atom stereocenters. The zero-order valence-corrected chi connectivity index (χ0v) is 12.9. The topological polar surface area (TPSA) is 34.2 Å². The molecule has 0 spiro atoms. The molecule has 0 bridgehead atoms. The van der Waals surface area contributed by atoms with E-state index in [2.05, 4.69) is 48.4 Å². The highest BCUT2D eigenvalue weighted by Gasteiger charge is 2.33. The van der Waals surface area contributed by atoms with E-state index in [1.807, 2.05) is 12.4 Å². The maximum Gasteiger partial charge on any atom is 0.0594 e. The first-order chi connectivity index (χ1) is 10.3. The molecule has 0 aliphatic carbocycles. The highest BCUT2D eigenvalue weighted by Crippen LogP contribution is 2.36. The van der Waals surface area contributed by atoms with E-state index in [1.54, 1.807) is 0 Å². The Balaban J connectivity index is 2.01. The van der Waals surface area contributed by atoms with Crippen LogP contribution in [0.1, 0.15) is 38.3 Å². The third-order valence-corrected chi connectivity index (χ3v) is 4.53. The van der Waals surface area contributed by atoms with Crippen molar-refractivity contribution in [1.82, 2.24) is 10.3 Å². The lowest BCUT2D eigenvalue weighted by atomic mass is 9.86. The number of rotatable bonds is 5. The maximum absolute atomic E-state index is 5.80. The zero-order valence-electron chi connectivity index (χ0n) is 12.9. The molecule has 21 heavy (non-hydrogen) atoms. The Labute approximate surface area is 126 Å². The van der Waals surface area contributed by atoms with Crippen LogP contribution in [0.15, 0.2) is 36.7 Å². The van der Waals surface area contributed by atoms with Gasteiger partial charge in [0.15, 0.2) is 0 Å². The standard InChI is InChI=1S/C18H24N2O/c1-3-9-20-18(15-8-11-21-13(15)2)16-6-4-5-14-7-10-19-12-17(14)16/h4-7,10,12-13,15,18,20H,3,8-9,11H2,1-2H3. The van der Waals surface area contributed by atoms with Gasteiger partial charge >= 0.3 is 0 Å². The van der Waals surface area contributed by atoms with Gasteiger partial charge in [-0.3, -0.25) is 4.98 Å². The van der Waals surface area contributed by atoms with Gasteiger partial charge in [0.05, 0.1) is 6.10 Å². The Kier molecular flexibility index (Phi) is 4.51. The molecule has 1 aromatic heterocycles. The fourth-order valence-electron chi connectivity index (χ4n) is 3.39. The summed E-state index contributed by atoms with van der Waals surface area (Å²) in [4.78, 5) is 4.32. The Hall–Kier alpha value is -1.45. The molecule has 1 aliphatic heterocycles. The molecule has 1 fully saturated rings. The van der Waals surface area contributed by atoms with Crippen LogP contribution in [0, 0.1) is 5.92 Å². The summed E-state index contributed by atoms with van der Waals surface area (Å²) in [5, 5.41) is 6.26. The average molecular weight is 284 g/mol. The van der Waals surface area contributed by atoms with Crippen molar-refractivity contribution in [1.29, 1.82) is 0 Å². The summed E-state index contributed by atoms with van der Waals surface area (Å²) in [6.07, 6.45) is 6.43. The molecular weight excluding hydrogens is 260 g/mol. The predicted octanol–water partition coefficient (Wildman–Crippen LogP) is 3.70. The van der Waals surface area contributed by atoms with Gasteiger partial charge in [0.1, 0.15) is 0 Å². The predicted molar refractivity (Wildman–Crippen MR) is 86.3 cm³/mol. The van der Waals surface area contributed by atoms with Crippen molar-refractivity contribution in [2.45, 2.75) is 38.8 Å². The highest BCUT2D eigenvalue weighted by atomic mass is 16.5. The highest BCUT2D eigenvalue weighted by molar-refractivity contribution is 5.85. The number of benzene rings is 1. The molecule has 3 rings (SSSR count). The van der Waals surface area contributed by atoms with Crippen LogP contribution in [0.4, 0.5) is 0 Å². The molecule has 2 aromatic rings. The van der Waals surface area contributed by atoms with Gasteiger partial charge in [0.2, 0.25) is 0 Å². The number of aromatic nitrogens is 1. The van der Waals surface area contributed by atoms with Crippen LogP contribution in [-0.4, -0.2) is 24.2 Å². The minimum Gasteiger partial charge on any atom is -0.378 e. The van der Waals surface area contributed by atoms with Crippen molar-refractivity contribution in [2.24, 2.45) is 5.92 Å². The Morgan fingerprint density at radius 2 is 2.29 bits per heavy atom. The summed E-state index contributed by atoms with van der Waals surface area (Å²) in [6.45, 7) is 6.31. The lowest BCUT2D eigenvalue weighted by Crippen LogP contribution is -2.32. The normalized spacial score (nSPS) is 23.5. The zero-order chi connectivity index (χ0) is 14.7. The lowest BCUT2D eigenvalue weighted by molar-refractivity contribution is 0.0955. The Morgan fingerprint density at radius 3 is 3.05 bits per heavy atom. The van der Waals surface area contributed by atoms with Gasteiger partial charge in [-0.05, 0) is 43.3 Å². The first-order valence-corrected chi connectivity index (χ1v) is 7.99. The SMILES string of the molecule is CCCNC(c1cccc2ccncc12)C1CCOC1C. The third kappa shape index (κ3) is 2.94. The van der Waals surface area contributed by atoms with E-state index in [9.17, 15) is 0 Å². The third-order valence-electron chi connectivity index (χ3n) is 4.53. The van der Waals surface area contributed by atoms with Crippen LogP contribution >= 0.6 is 0 Å². The van der Waals surface area contributed by atoms with Crippen LogP contribution in [-0.2, 0) is 4.74 Å². The van der Waals surface area contributed by atoms with Crippen molar-refractivity contribution in [3.05, 3.63) is 42.2 Å². The summed E-state index contributed by atoms with van der Waals surface area (Å²) < 4.78 is 5.80. The molecule has 112 valence electrons. The lowest BCUT2D eigenvalue weighted by Gasteiger charge is -2.28. The van der Waals surface area contributed by atoms with Crippen LogP contribution in [0.2, 0.25) is 0 Å². The van der Waals surface area contributed by atoms with E-state index in [1.165, 1.54) is 16.3 Å². The molecule has 3 heteroatoms. The Morgan fingerprint density at radius 1 is 1.38 bits per heavy atom. The van der Waals surface area contributed by atoms with Gasteiger partial charge in [-0.25, -0.2) is 0 Å². The van der Waals surface area contributed by atoms with Gasteiger partial charge in [0.25, 0.3) is 0 Å². The van der Waals surface area contributed by atoms with Crippen molar-refractivity contribution in [3.63, 3.8) is 0 Å². The van der Waals surface area contributed by atoms with Crippen LogP contribution in [0.25, 0.3) is 10.8 Å². The quantitative estimate of drug-likeness (QED) is 0.909. The molecular formula is C18H24N2O. The van der Waals surface area contributed by atoms with Crippen LogP contribution in [0.3, 0.4) is 0 Å². The monoisotopic (exact) mass is 284 g/mol. The molecule has 3 unspecified atom stereocenters. The second-order valence-electron chi connectivity index (χ2n) is 5.90. The average Bonchev–Trinajstić information content (AvgIpc) is 2.94. The van der Waals surface area contributed by atoms with Gasteiger partial charge in [-0.2, -0.15) is 0 Å². The van der Waals surface area contributed by atoms with E-state index in [-0.39, 0.29) is 0 Å². The first-order valence-electron chi connectivity index (χ1n) is 7.99. The van der Waals surface area contributed by atoms with Crippen molar-refractivity contribution in [3.8, 4) is 0 Å². The smallest absolute Gasteiger partial charge is 0.0594 e. The molecule has 0 amide bonds. The van der Waals surface area contributed by atoms with E-state index in [0.29, 0.717) is 18.1 Å². The number of nitrogens with zero attached hydrogens (tertiary/aromatic N) is 1. The summed E-state index contributed by atoms with van der Waals surface area (Å²) in [5.74, 6) is 0.530. The van der Waals surface area contributed by atoms with E-state index < -0.39 is 0 Å². The second-order valence-corrected chi connectivity index (χ2v) is 5.90. The number of hydrogen-bond acceptors (Lipinski definition) is 3. The van der Waals surface area contributed by atoms with Gasteiger partial charge in [-0.1, -0.05) is 25.1 Å². The fraction of sp³-hybridized carbons (Fsp3) is 0.500. The number of fused-ring (bicyclic) bond motifs is 1. The van der Waals surface area contributed by atoms with Gasteiger partial charge in [-0.15, -0.1) is 0 Å². The molecule has 1 saturated heterocycles. The minimum atomic E-state index is 0.311. The van der Waals surface area contributed by atoms with Crippen molar-refractivity contribution >= 4 is 10.8 Å². The van der Waals surface area contributed by atoms with E-state index in [4.69, 9.17) is 4.74 Å². The molecule has 2 heterocycles. The Bertz CT molecular complexity index is 593. The van der Waals surface area contributed by atoms with E-state index >= 15 is 0 Å². The van der Waals surface area contributed by atoms with Crippen LogP contribution in [0.5, 0.6) is 0 Å². The summed E-state index contributed by atoms with van der Waals surface area (Å²) in [7, 11) is 0. The first kappa shape index (κ1) is 14.5. The van der Waals surface area contributed by atoms with Crippen molar-refractivity contribution in [2.75, 3.05) is 13.2 Å². The van der Waals surface area contributed by atoms with Gasteiger partial charge < -0.3 is 10.1 Å². The molecule has 1 aromatic carbocycles. The summed E-state index contributed by atoms with van der Waals surface area (Å²) in [6, 6.07) is 8.98. The number of hydrogen-bond donors (Lipinski definition) is 1. The maximum atomic E-state index is 5.80. The van der Waals surface area contributed by atoms with E-state index in [0.717, 1.165) is 26.0 Å². The molecule has 3 nitrogen and oxygen atoms in total. The summed E-state index contributed by atoms with van der Waals surface area (Å²) >= 11 is 0. The molecule has 0 saturated carbocycles. The molecule has 1 aliphatic rings. The number of pyridine rings is 1.